The molecule has 4 heteroatoms. The van der Waals surface area contributed by atoms with Crippen molar-refractivity contribution in [1.29, 1.82) is 0 Å². The van der Waals surface area contributed by atoms with Crippen molar-refractivity contribution in [2.45, 2.75) is 44.9 Å². The summed E-state index contributed by atoms with van der Waals surface area (Å²) in [5.74, 6) is 0.226. The fourth-order valence-corrected chi connectivity index (χ4v) is 3.48. The van der Waals surface area contributed by atoms with Crippen molar-refractivity contribution in [3.05, 3.63) is 35.4 Å². The summed E-state index contributed by atoms with van der Waals surface area (Å²) in [6, 6.07) is 7.28. The predicted octanol–water partition coefficient (Wildman–Crippen LogP) is 2.60. The van der Waals surface area contributed by atoms with Gasteiger partial charge in [0.2, 0.25) is 0 Å². The van der Waals surface area contributed by atoms with E-state index in [4.69, 9.17) is 5.73 Å². The Kier molecular flexibility index (Phi) is 5.35. The molecule has 2 N–H and O–H groups in total. The third-order valence-corrected chi connectivity index (χ3v) is 5.60. The van der Waals surface area contributed by atoms with Gasteiger partial charge in [0, 0.05) is 6.04 Å². The zero-order chi connectivity index (χ0) is 13.8. The molecular formula is C14H23NO2S. The monoisotopic (exact) mass is 269 g/mol. The number of nitrogens with two attached hydrogens (primary N) is 1. The fraction of sp³-hybridized carbons (Fsp3) is 0.571. The van der Waals surface area contributed by atoms with E-state index in [1.807, 2.05) is 38.1 Å². The van der Waals surface area contributed by atoms with Crippen LogP contribution in [0.1, 0.15) is 43.9 Å². The zero-order valence-electron chi connectivity index (χ0n) is 11.4. The van der Waals surface area contributed by atoms with Gasteiger partial charge in [-0.25, -0.2) is 8.42 Å². The summed E-state index contributed by atoms with van der Waals surface area (Å²) < 4.78 is 24.2. The highest BCUT2D eigenvalue weighted by atomic mass is 32.2. The number of hydrogen-bond acceptors (Lipinski definition) is 3. The van der Waals surface area contributed by atoms with Crippen LogP contribution in [0.25, 0.3) is 0 Å². The van der Waals surface area contributed by atoms with Gasteiger partial charge < -0.3 is 5.73 Å². The third-order valence-electron chi connectivity index (χ3n) is 3.32. The second-order valence-electron chi connectivity index (χ2n) is 4.86. The molecule has 0 fully saturated rings. The lowest BCUT2D eigenvalue weighted by molar-refractivity contribution is 0.562. The molecule has 0 saturated heterocycles. The van der Waals surface area contributed by atoms with E-state index in [-0.39, 0.29) is 5.75 Å². The van der Waals surface area contributed by atoms with Crippen LogP contribution in [0.4, 0.5) is 0 Å². The number of unbranched alkanes of at least 4 members (excludes halogenated alkanes) is 1. The number of aryl methyl sites for hydroxylation is 1. The highest BCUT2D eigenvalue weighted by Gasteiger charge is 2.27. The predicted molar refractivity (Wildman–Crippen MR) is 76.3 cm³/mol. The van der Waals surface area contributed by atoms with Crippen molar-refractivity contribution in [3.8, 4) is 0 Å². The highest BCUT2D eigenvalue weighted by Crippen LogP contribution is 2.21. The molecule has 1 aromatic carbocycles. The zero-order valence-corrected chi connectivity index (χ0v) is 12.2. The Balaban J connectivity index is 2.83. The van der Waals surface area contributed by atoms with Crippen LogP contribution in [-0.2, 0) is 9.84 Å². The highest BCUT2D eigenvalue weighted by molar-refractivity contribution is 7.92. The van der Waals surface area contributed by atoms with Gasteiger partial charge in [0.05, 0.1) is 11.0 Å². The van der Waals surface area contributed by atoms with Gasteiger partial charge in [-0.3, -0.25) is 0 Å². The maximum absolute atomic E-state index is 12.1. The smallest absolute Gasteiger partial charge is 0.154 e. The van der Waals surface area contributed by atoms with Crippen molar-refractivity contribution in [1.82, 2.24) is 0 Å². The third kappa shape index (κ3) is 3.82. The molecule has 1 rings (SSSR count). The van der Waals surface area contributed by atoms with Crippen LogP contribution in [0.3, 0.4) is 0 Å². The molecule has 1 aromatic rings. The number of sulfone groups is 1. The second-order valence-corrected chi connectivity index (χ2v) is 7.34. The van der Waals surface area contributed by atoms with Crippen LogP contribution in [0.2, 0.25) is 0 Å². The first-order valence-corrected chi connectivity index (χ1v) is 8.13. The van der Waals surface area contributed by atoms with Gasteiger partial charge in [-0.15, -0.1) is 0 Å². The van der Waals surface area contributed by atoms with Crippen molar-refractivity contribution in [3.63, 3.8) is 0 Å². The fourth-order valence-electron chi connectivity index (χ4n) is 1.81. The molecule has 2 unspecified atom stereocenters. The molecule has 2 atom stereocenters. The molecular weight excluding hydrogens is 246 g/mol. The molecule has 0 saturated carbocycles. The van der Waals surface area contributed by atoms with Crippen molar-refractivity contribution < 1.29 is 8.42 Å². The van der Waals surface area contributed by atoms with Crippen molar-refractivity contribution >= 4 is 9.84 Å². The molecule has 0 aliphatic rings. The largest absolute Gasteiger partial charge is 0.323 e. The molecule has 0 spiro atoms. The number of rotatable bonds is 6. The number of benzene rings is 1. The Morgan fingerprint density at radius 1 is 1.22 bits per heavy atom. The van der Waals surface area contributed by atoms with Gasteiger partial charge in [0.25, 0.3) is 0 Å². The van der Waals surface area contributed by atoms with Gasteiger partial charge in [0.15, 0.2) is 9.84 Å². The lowest BCUT2D eigenvalue weighted by atomic mass is 10.0. The summed E-state index contributed by atoms with van der Waals surface area (Å²) in [6.07, 6.45) is 1.58. The summed E-state index contributed by atoms with van der Waals surface area (Å²) in [7, 11) is -3.10. The Hall–Kier alpha value is -0.870. The van der Waals surface area contributed by atoms with Gasteiger partial charge in [-0.05, 0) is 25.8 Å². The van der Waals surface area contributed by atoms with Gasteiger partial charge in [-0.1, -0.05) is 43.2 Å². The normalized spacial score (nSPS) is 15.3. The molecule has 0 aromatic heterocycles. The van der Waals surface area contributed by atoms with E-state index in [9.17, 15) is 8.42 Å². The van der Waals surface area contributed by atoms with Crippen LogP contribution >= 0.6 is 0 Å². The summed E-state index contributed by atoms with van der Waals surface area (Å²) in [5.41, 5.74) is 8.10. The van der Waals surface area contributed by atoms with E-state index < -0.39 is 21.1 Å². The topological polar surface area (TPSA) is 60.2 Å². The Morgan fingerprint density at radius 3 is 2.28 bits per heavy atom. The molecule has 0 radical (unpaired) electrons. The van der Waals surface area contributed by atoms with E-state index in [0.29, 0.717) is 6.42 Å². The standard InChI is InChI=1S/C14H23NO2S/c1-4-5-10-18(16,17)12(3)14(15)13-8-6-11(2)7-9-13/h6-9,12,14H,4-5,10,15H2,1-3H3. The summed E-state index contributed by atoms with van der Waals surface area (Å²) in [6.45, 7) is 5.69. The maximum atomic E-state index is 12.1. The maximum Gasteiger partial charge on any atom is 0.154 e. The second kappa shape index (κ2) is 6.34. The average Bonchev–Trinajstić information content (AvgIpc) is 2.35. The first kappa shape index (κ1) is 15.2. The molecule has 3 nitrogen and oxygen atoms in total. The molecule has 0 heterocycles. The average molecular weight is 269 g/mol. The van der Waals surface area contributed by atoms with Gasteiger partial charge in [-0.2, -0.15) is 0 Å². The van der Waals surface area contributed by atoms with Crippen LogP contribution < -0.4 is 5.73 Å². The molecule has 0 aliphatic carbocycles. The molecule has 18 heavy (non-hydrogen) atoms. The van der Waals surface area contributed by atoms with E-state index in [2.05, 4.69) is 0 Å². The van der Waals surface area contributed by atoms with Crippen LogP contribution in [-0.4, -0.2) is 19.4 Å². The Labute approximate surface area is 110 Å². The van der Waals surface area contributed by atoms with E-state index in [1.54, 1.807) is 6.92 Å². The summed E-state index contributed by atoms with van der Waals surface area (Å²) >= 11 is 0. The van der Waals surface area contributed by atoms with Crippen LogP contribution in [0.5, 0.6) is 0 Å². The van der Waals surface area contributed by atoms with Gasteiger partial charge in [0.1, 0.15) is 0 Å². The summed E-state index contributed by atoms with van der Waals surface area (Å²) in [5, 5.41) is -0.535. The Bertz CT molecular complexity index is 465. The lowest BCUT2D eigenvalue weighted by Crippen LogP contribution is -2.32. The van der Waals surface area contributed by atoms with Crippen LogP contribution in [0.15, 0.2) is 24.3 Å². The summed E-state index contributed by atoms with van der Waals surface area (Å²) in [4.78, 5) is 0. The molecule has 0 bridgehead atoms. The minimum Gasteiger partial charge on any atom is -0.323 e. The number of hydrogen-bond donors (Lipinski definition) is 1. The molecule has 102 valence electrons. The van der Waals surface area contributed by atoms with E-state index >= 15 is 0 Å². The minimum absolute atomic E-state index is 0.226. The Morgan fingerprint density at radius 2 is 1.78 bits per heavy atom. The first-order valence-electron chi connectivity index (χ1n) is 6.42. The van der Waals surface area contributed by atoms with E-state index in [1.165, 1.54) is 0 Å². The molecule has 0 aliphatic heterocycles. The minimum atomic E-state index is -3.10. The molecule has 0 amide bonds. The quantitative estimate of drug-likeness (QED) is 0.863. The van der Waals surface area contributed by atoms with Crippen molar-refractivity contribution in [2.24, 2.45) is 5.73 Å². The van der Waals surface area contributed by atoms with Gasteiger partial charge >= 0.3 is 0 Å². The van der Waals surface area contributed by atoms with Crippen LogP contribution in [0, 0.1) is 6.92 Å². The first-order chi connectivity index (χ1) is 8.38. The van der Waals surface area contributed by atoms with E-state index in [0.717, 1.165) is 17.5 Å². The van der Waals surface area contributed by atoms with Crippen molar-refractivity contribution in [2.75, 3.05) is 5.75 Å². The lowest BCUT2D eigenvalue weighted by Gasteiger charge is -2.20. The SMILES string of the molecule is CCCCS(=O)(=O)C(C)C(N)c1ccc(C)cc1.